The predicted molar refractivity (Wildman–Crippen MR) is 205 cm³/mol. The second-order valence-corrected chi connectivity index (χ2v) is 12.8. The van der Waals surface area contributed by atoms with E-state index in [1.54, 1.807) is 7.11 Å². The summed E-state index contributed by atoms with van der Waals surface area (Å²) in [4.78, 5) is 2.36. The number of para-hydroxylation sites is 2. The quantitative estimate of drug-likeness (QED) is 0.171. The zero-order valence-electron chi connectivity index (χ0n) is 28.4. The van der Waals surface area contributed by atoms with Crippen molar-refractivity contribution in [2.75, 3.05) is 12.0 Å². The van der Waals surface area contributed by atoms with Gasteiger partial charge in [0.1, 0.15) is 17.4 Å². The normalized spacial score (nSPS) is 12.4. The van der Waals surface area contributed by atoms with Crippen molar-refractivity contribution in [3.8, 4) is 39.6 Å². The first-order chi connectivity index (χ1) is 25.2. The number of hydrogen-bond donors (Lipinski definition) is 0. The zero-order chi connectivity index (χ0) is 34.3. The van der Waals surface area contributed by atoms with Crippen LogP contribution in [0.15, 0.2) is 170 Å². The third-order valence-corrected chi connectivity index (χ3v) is 9.63. The van der Waals surface area contributed by atoms with Crippen LogP contribution in [0.5, 0.6) is 5.75 Å². The van der Waals surface area contributed by atoms with Crippen LogP contribution in [0.25, 0.3) is 33.9 Å². The van der Waals surface area contributed by atoms with Crippen molar-refractivity contribution < 1.29 is 4.74 Å². The molecule has 3 heterocycles. The van der Waals surface area contributed by atoms with Crippen LogP contribution in [0.4, 0.5) is 17.3 Å². The highest BCUT2D eigenvalue weighted by molar-refractivity contribution is 5.92. The van der Waals surface area contributed by atoms with Crippen molar-refractivity contribution in [1.82, 2.24) is 19.6 Å². The largest absolute Gasteiger partial charge is 0.497 e. The van der Waals surface area contributed by atoms with Gasteiger partial charge < -0.3 is 4.74 Å². The molecule has 0 saturated carbocycles. The molecule has 1 aliphatic heterocycles. The van der Waals surface area contributed by atoms with E-state index in [0.29, 0.717) is 0 Å². The predicted octanol–water partition coefficient (Wildman–Crippen LogP) is 10.7. The second kappa shape index (κ2) is 12.7. The van der Waals surface area contributed by atoms with Gasteiger partial charge in [-0.25, -0.2) is 9.36 Å². The lowest BCUT2D eigenvalue weighted by atomic mass is 9.79. The molecule has 9 rings (SSSR count). The van der Waals surface area contributed by atoms with E-state index in [1.165, 1.54) is 5.56 Å². The van der Waals surface area contributed by atoms with Gasteiger partial charge in [-0.3, -0.25) is 4.90 Å². The van der Waals surface area contributed by atoms with Crippen LogP contribution in [0.1, 0.15) is 28.2 Å². The molecule has 6 nitrogen and oxygen atoms in total. The van der Waals surface area contributed by atoms with Crippen molar-refractivity contribution >= 4 is 17.3 Å². The molecule has 0 atom stereocenters. The van der Waals surface area contributed by atoms with Gasteiger partial charge in [0, 0.05) is 33.9 Å². The first-order valence-corrected chi connectivity index (χ1v) is 17.2. The molecule has 0 aliphatic carbocycles. The number of anilines is 3. The molecule has 0 amide bonds. The lowest BCUT2D eigenvalue weighted by Gasteiger charge is -2.36. The van der Waals surface area contributed by atoms with Crippen molar-refractivity contribution in [2.24, 2.45) is 0 Å². The average Bonchev–Trinajstić information content (AvgIpc) is 3.79. The van der Waals surface area contributed by atoms with E-state index in [0.717, 1.165) is 73.7 Å². The third-order valence-electron chi connectivity index (χ3n) is 9.63. The Balaban J connectivity index is 1.48. The first-order valence-electron chi connectivity index (χ1n) is 17.2. The van der Waals surface area contributed by atoms with Crippen LogP contribution in [-0.2, 0) is 0 Å². The Morgan fingerprint density at radius 2 is 0.902 bits per heavy atom. The van der Waals surface area contributed by atoms with E-state index >= 15 is 0 Å². The standard InChI is InChI=1S/C45H35N5O/c1-31-23-27-35(28-24-31)48-44-40(42(33-15-7-3-8-16-33)46-49(44)36-19-11-5-12-20-36)39(32-25-29-38(51-2)30-26-32)41-43(34-17-9-4-10-18-34)47-50(45(41)48)37-21-13-6-14-22-37/h3-30,39H,1-2H3. The molecular weight excluding hydrogens is 627 g/mol. The minimum atomic E-state index is -0.233. The van der Waals surface area contributed by atoms with Gasteiger partial charge in [0.25, 0.3) is 0 Å². The third kappa shape index (κ3) is 5.20. The van der Waals surface area contributed by atoms with Gasteiger partial charge in [-0.1, -0.05) is 127 Å². The number of ether oxygens (including phenoxy) is 1. The van der Waals surface area contributed by atoms with Crippen molar-refractivity contribution in [2.45, 2.75) is 12.8 Å². The van der Waals surface area contributed by atoms with Crippen LogP contribution < -0.4 is 9.64 Å². The fraction of sp³-hybridized carbons (Fsp3) is 0.0667. The number of nitrogens with zero attached hydrogens (tertiary/aromatic N) is 5. The van der Waals surface area contributed by atoms with Gasteiger partial charge in [0.2, 0.25) is 0 Å². The molecule has 0 N–H and O–H groups in total. The summed E-state index contributed by atoms with van der Waals surface area (Å²) in [6.45, 7) is 2.13. The fourth-order valence-corrected chi connectivity index (χ4v) is 7.23. The molecule has 0 bridgehead atoms. The Kier molecular flexibility index (Phi) is 7.55. The minimum Gasteiger partial charge on any atom is -0.497 e. The molecular formula is C45H35N5O. The topological polar surface area (TPSA) is 48.1 Å². The van der Waals surface area contributed by atoms with Crippen LogP contribution >= 0.6 is 0 Å². The maximum atomic E-state index is 5.65. The fourth-order valence-electron chi connectivity index (χ4n) is 7.23. The molecule has 2 aromatic heterocycles. The highest BCUT2D eigenvalue weighted by Gasteiger charge is 2.44. The van der Waals surface area contributed by atoms with E-state index in [1.807, 2.05) is 12.1 Å². The number of methoxy groups -OCH3 is 1. The molecule has 0 radical (unpaired) electrons. The molecule has 8 aromatic rings. The SMILES string of the molecule is COc1ccc(C2c3c(-c4ccccc4)nn(-c4ccccc4)c3N(c3ccc(C)cc3)c3c2c(-c2ccccc2)nn3-c2ccccc2)cc1. The molecule has 6 aromatic carbocycles. The van der Waals surface area contributed by atoms with Crippen LogP contribution in [0.3, 0.4) is 0 Å². The van der Waals surface area contributed by atoms with Crippen LogP contribution in [0, 0.1) is 6.92 Å². The summed E-state index contributed by atoms with van der Waals surface area (Å²) in [6.07, 6.45) is 0. The van der Waals surface area contributed by atoms with Crippen molar-refractivity contribution in [3.63, 3.8) is 0 Å². The maximum Gasteiger partial charge on any atom is 0.147 e. The second-order valence-electron chi connectivity index (χ2n) is 12.8. The number of aryl methyl sites for hydroxylation is 1. The summed E-state index contributed by atoms with van der Waals surface area (Å²) in [5.74, 6) is 2.51. The van der Waals surface area contributed by atoms with E-state index in [9.17, 15) is 0 Å². The summed E-state index contributed by atoms with van der Waals surface area (Å²) >= 11 is 0. The van der Waals surface area contributed by atoms with E-state index < -0.39 is 0 Å². The van der Waals surface area contributed by atoms with Gasteiger partial charge in [0.05, 0.1) is 29.9 Å². The van der Waals surface area contributed by atoms with Crippen molar-refractivity contribution in [3.05, 3.63) is 192 Å². The average molecular weight is 662 g/mol. The lowest BCUT2D eigenvalue weighted by Crippen LogP contribution is -2.26. The summed E-state index contributed by atoms with van der Waals surface area (Å²) in [7, 11) is 1.71. The molecule has 0 unspecified atom stereocenters. The van der Waals surface area contributed by atoms with E-state index in [4.69, 9.17) is 14.9 Å². The smallest absolute Gasteiger partial charge is 0.147 e. The number of aromatic nitrogens is 4. The Bertz CT molecular complexity index is 2310. The molecule has 0 spiro atoms. The first kappa shape index (κ1) is 30.4. The van der Waals surface area contributed by atoms with E-state index in [-0.39, 0.29) is 5.92 Å². The molecule has 1 aliphatic rings. The number of rotatable bonds is 7. The molecule has 246 valence electrons. The Morgan fingerprint density at radius 1 is 0.471 bits per heavy atom. The van der Waals surface area contributed by atoms with Gasteiger partial charge >= 0.3 is 0 Å². The summed E-state index contributed by atoms with van der Waals surface area (Å²) < 4.78 is 9.87. The summed E-state index contributed by atoms with van der Waals surface area (Å²) in [5, 5.41) is 11.0. The summed E-state index contributed by atoms with van der Waals surface area (Å²) in [6, 6.07) is 59.1. The Morgan fingerprint density at radius 3 is 1.33 bits per heavy atom. The van der Waals surface area contributed by atoms with Gasteiger partial charge in [-0.15, -0.1) is 0 Å². The monoisotopic (exact) mass is 661 g/mol. The number of hydrogen-bond acceptors (Lipinski definition) is 4. The maximum absolute atomic E-state index is 5.65. The highest BCUT2D eigenvalue weighted by atomic mass is 16.5. The molecule has 0 saturated heterocycles. The molecule has 51 heavy (non-hydrogen) atoms. The Labute approximate surface area is 297 Å². The summed E-state index contributed by atoms with van der Waals surface area (Å²) in [5.41, 5.74) is 11.4. The van der Waals surface area contributed by atoms with Gasteiger partial charge in [-0.2, -0.15) is 10.2 Å². The molecule has 6 heteroatoms. The van der Waals surface area contributed by atoms with Crippen molar-refractivity contribution in [1.29, 1.82) is 0 Å². The zero-order valence-corrected chi connectivity index (χ0v) is 28.4. The Hall–Kier alpha value is -6.66. The van der Waals surface area contributed by atoms with Crippen LogP contribution in [0.2, 0.25) is 0 Å². The van der Waals surface area contributed by atoms with Gasteiger partial charge in [0.15, 0.2) is 0 Å². The lowest BCUT2D eigenvalue weighted by molar-refractivity contribution is 0.414. The highest BCUT2D eigenvalue weighted by Crippen LogP contribution is 2.57. The van der Waals surface area contributed by atoms with Crippen LogP contribution in [-0.4, -0.2) is 26.7 Å². The number of benzene rings is 6. The number of fused-ring (bicyclic) bond motifs is 2. The van der Waals surface area contributed by atoms with E-state index in [2.05, 4.69) is 179 Å². The minimum absolute atomic E-state index is 0.233. The molecule has 0 fully saturated rings. The van der Waals surface area contributed by atoms with Gasteiger partial charge in [-0.05, 0) is 61.0 Å².